The van der Waals surface area contributed by atoms with E-state index in [1.807, 2.05) is 6.07 Å². The molecule has 0 atom stereocenters. The summed E-state index contributed by atoms with van der Waals surface area (Å²) in [7, 11) is 0. The van der Waals surface area contributed by atoms with Gasteiger partial charge in [0.2, 0.25) is 5.88 Å². The summed E-state index contributed by atoms with van der Waals surface area (Å²) in [6.45, 7) is 0. The molecule has 0 aliphatic heterocycles. The van der Waals surface area contributed by atoms with Gasteiger partial charge >= 0.3 is 0 Å². The number of nitrogens with two attached hydrogens (primary N) is 1. The zero-order valence-corrected chi connectivity index (χ0v) is 8.27. The van der Waals surface area contributed by atoms with Gasteiger partial charge in [0.1, 0.15) is 23.1 Å². The minimum Gasteiger partial charge on any atom is -0.366 e. The SMILES string of the molecule is N#Cc1c(Cc2ccccc2F)noc1N. The van der Waals surface area contributed by atoms with Crippen molar-refractivity contribution in [2.75, 3.05) is 5.73 Å². The van der Waals surface area contributed by atoms with E-state index < -0.39 is 0 Å². The topological polar surface area (TPSA) is 75.8 Å². The Kier molecular flexibility index (Phi) is 2.56. The molecule has 0 unspecified atom stereocenters. The molecule has 0 saturated carbocycles. The van der Waals surface area contributed by atoms with Gasteiger partial charge in [-0.1, -0.05) is 23.4 Å². The van der Waals surface area contributed by atoms with E-state index in [-0.39, 0.29) is 23.7 Å². The van der Waals surface area contributed by atoms with Crippen LogP contribution in [0.15, 0.2) is 28.8 Å². The van der Waals surface area contributed by atoms with Crippen LogP contribution in [0.5, 0.6) is 0 Å². The highest BCUT2D eigenvalue weighted by Gasteiger charge is 2.14. The first-order valence-electron chi connectivity index (χ1n) is 4.60. The van der Waals surface area contributed by atoms with Crippen LogP contribution in [0.4, 0.5) is 10.3 Å². The Morgan fingerprint density at radius 2 is 2.19 bits per heavy atom. The van der Waals surface area contributed by atoms with E-state index in [9.17, 15) is 4.39 Å². The number of nitriles is 1. The molecule has 0 saturated heterocycles. The van der Waals surface area contributed by atoms with Crippen LogP contribution in [0.1, 0.15) is 16.8 Å². The van der Waals surface area contributed by atoms with Gasteiger partial charge < -0.3 is 10.3 Å². The standard InChI is InChI=1S/C11H8FN3O/c12-9-4-2-1-3-7(9)5-10-8(6-13)11(14)16-15-10/h1-4H,5,14H2. The molecule has 1 heterocycles. The van der Waals surface area contributed by atoms with Crippen LogP contribution in [0.25, 0.3) is 0 Å². The zero-order chi connectivity index (χ0) is 11.5. The molecule has 0 bridgehead atoms. The lowest BCUT2D eigenvalue weighted by atomic mass is 10.1. The van der Waals surface area contributed by atoms with Gasteiger partial charge in [-0.15, -0.1) is 0 Å². The maximum absolute atomic E-state index is 13.3. The van der Waals surface area contributed by atoms with Crippen molar-refractivity contribution < 1.29 is 8.91 Å². The largest absolute Gasteiger partial charge is 0.366 e. The quantitative estimate of drug-likeness (QED) is 0.832. The molecule has 0 amide bonds. The van der Waals surface area contributed by atoms with Crippen LogP contribution in [0, 0.1) is 17.1 Å². The summed E-state index contributed by atoms with van der Waals surface area (Å²) in [5.41, 5.74) is 6.37. The number of halogens is 1. The number of nitrogen functional groups attached to an aromatic ring is 1. The molecule has 0 radical (unpaired) electrons. The fourth-order valence-corrected chi connectivity index (χ4v) is 1.40. The van der Waals surface area contributed by atoms with Crippen LogP contribution in [-0.4, -0.2) is 5.16 Å². The van der Waals surface area contributed by atoms with Gasteiger partial charge in [-0.2, -0.15) is 5.26 Å². The first-order valence-corrected chi connectivity index (χ1v) is 4.60. The summed E-state index contributed by atoms with van der Waals surface area (Å²) >= 11 is 0. The smallest absolute Gasteiger partial charge is 0.240 e. The monoisotopic (exact) mass is 217 g/mol. The van der Waals surface area contributed by atoms with E-state index in [1.165, 1.54) is 6.07 Å². The summed E-state index contributed by atoms with van der Waals surface area (Å²) in [6.07, 6.45) is 0.191. The van der Waals surface area contributed by atoms with Gasteiger partial charge in [0.15, 0.2) is 0 Å². The molecule has 2 N–H and O–H groups in total. The highest BCUT2D eigenvalue weighted by atomic mass is 19.1. The Hall–Kier alpha value is -2.35. The highest BCUT2D eigenvalue weighted by molar-refractivity contribution is 5.49. The van der Waals surface area contributed by atoms with Crippen molar-refractivity contribution in [3.8, 4) is 6.07 Å². The average Bonchev–Trinajstić information content (AvgIpc) is 2.63. The maximum Gasteiger partial charge on any atom is 0.240 e. The molecule has 2 aromatic rings. The van der Waals surface area contributed by atoms with Crippen LogP contribution in [0.2, 0.25) is 0 Å². The normalized spacial score (nSPS) is 10.0. The van der Waals surface area contributed by atoms with E-state index in [0.717, 1.165) is 0 Å². The van der Waals surface area contributed by atoms with Gasteiger partial charge in [0.05, 0.1) is 0 Å². The van der Waals surface area contributed by atoms with Crippen molar-refractivity contribution in [1.82, 2.24) is 5.16 Å². The van der Waals surface area contributed by atoms with E-state index >= 15 is 0 Å². The van der Waals surface area contributed by atoms with E-state index in [0.29, 0.717) is 11.3 Å². The lowest BCUT2D eigenvalue weighted by Crippen LogP contribution is -1.95. The molecule has 0 aliphatic rings. The molecule has 2 rings (SSSR count). The van der Waals surface area contributed by atoms with Crippen molar-refractivity contribution in [1.29, 1.82) is 5.26 Å². The number of hydrogen-bond donors (Lipinski definition) is 1. The molecule has 80 valence electrons. The fraction of sp³-hybridized carbons (Fsp3) is 0.0909. The zero-order valence-electron chi connectivity index (χ0n) is 8.27. The molecule has 5 heteroatoms. The first kappa shape index (κ1) is 10.2. The Bertz CT molecular complexity index is 557. The summed E-state index contributed by atoms with van der Waals surface area (Å²) in [4.78, 5) is 0. The van der Waals surface area contributed by atoms with Crippen molar-refractivity contribution in [2.45, 2.75) is 6.42 Å². The van der Waals surface area contributed by atoms with E-state index in [2.05, 4.69) is 9.68 Å². The summed E-state index contributed by atoms with van der Waals surface area (Å²) in [5.74, 6) is -0.373. The molecule has 4 nitrogen and oxygen atoms in total. The highest BCUT2D eigenvalue weighted by Crippen LogP contribution is 2.19. The summed E-state index contributed by atoms with van der Waals surface area (Å²) < 4.78 is 18.0. The number of rotatable bonds is 2. The van der Waals surface area contributed by atoms with Crippen molar-refractivity contribution in [3.63, 3.8) is 0 Å². The molecular formula is C11H8FN3O. The molecule has 0 fully saturated rings. The van der Waals surface area contributed by atoms with Gasteiger partial charge in [-0.05, 0) is 11.6 Å². The third kappa shape index (κ3) is 1.73. The Morgan fingerprint density at radius 3 is 2.88 bits per heavy atom. The first-order chi connectivity index (χ1) is 7.72. The van der Waals surface area contributed by atoms with Crippen LogP contribution in [-0.2, 0) is 6.42 Å². The van der Waals surface area contributed by atoms with Crippen LogP contribution < -0.4 is 5.73 Å². The predicted molar refractivity (Wildman–Crippen MR) is 54.8 cm³/mol. The lowest BCUT2D eigenvalue weighted by molar-refractivity contribution is 0.428. The minimum absolute atomic E-state index is 0.0335. The molecule has 0 aliphatic carbocycles. The number of aromatic nitrogens is 1. The molecule has 0 spiro atoms. The minimum atomic E-state index is -0.340. The Morgan fingerprint density at radius 1 is 1.44 bits per heavy atom. The number of anilines is 1. The summed E-state index contributed by atoms with van der Waals surface area (Å²) in [5, 5.41) is 12.4. The van der Waals surface area contributed by atoms with E-state index in [1.54, 1.807) is 18.2 Å². The van der Waals surface area contributed by atoms with Crippen molar-refractivity contribution in [3.05, 3.63) is 46.9 Å². The van der Waals surface area contributed by atoms with Gasteiger partial charge in [-0.25, -0.2) is 4.39 Å². The predicted octanol–water partition coefficient (Wildman–Crippen LogP) is 1.86. The third-order valence-electron chi connectivity index (χ3n) is 2.22. The molecule has 1 aromatic heterocycles. The van der Waals surface area contributed by atoms with Gasteiger partial charge in [-0.3, -0.25) is 0 Å². The number of nitrogens with zero attached hydrogens (tertiary/aromatic N) is 2. The van der Waals surface area contributed by atoms with Gasteiger partial charge in [0.25, 0.3) is 0 Å². The number of benzene rings is 1. The Labute approximate surface area is 91.1 Å². The van der Waals surface area contributed by atoms with Gasteiger partial charge in [0, 0.05) is 6.42 Å². The van der Waals surface area contributed by atoms with Crippen LogP contribution in [0.3, 0.4) is 0 Å². The summed E-state index contributed by atoms with van der Waals surface area (Å²) in [6, 6.07) is 8.17. The second-order valence-corrected chi connectivity index (χ2v) is 3.25. The maximum atomic E-state index is 13.3. The Balaban J connectivity index is 2.35. The van der Waals surface area contributed by atoms with Crippen molar-refractivity contribution in [2.24, 2.45) is 0 Å². The van der Waals surface area contributed by atoms with Crippen molar-refractivity contribution >= 4 is 5.88 Å². The third-order valence-corrected chi connectivity index (χ3v) is 2.22. The second-order valence-electron chi connectivity index (χ2n) is 3.25. The average molecular weight is 217 g/mol. The fourth-order valence-electron chi connectivity index (χ4n) is 1.40. The second kappa shape index (κ2) is 4.03. The van der Waals surface area contributed by atoms with Crippen LogP contribution >= 0.6 is 0 Å². The van der Waals surface area contributed by atoms with E-state index in [4.69, 9.17) is 11.0 Å². The number of hydrogen-bond acceptors (Lipinski definition) is 4. The molecule has 16 heavy (non-hydrogen) atoms. The lowest BCUT2D eigenvalue weighted by Gasteiger charge is -1.99. The molecule has 1 aromatic carbocycles. The molecular weight excluding hydrogens is 209 g/mol.